The molecule has 7 nitrogen and oxygen atoms in total. The van der Waals surface area contributed by atoms with Gasteiger partial charge in [0.05, 0.1) is 11.7 Å². The summed E-state index contributed by atoms with van der Waals surface area (Å²) in [6.45, 7) is 0.651. The number of carbonyl (C=O) groups excluding carboxylic acids is 1. The number of aliphatic carboxylic acids is 1. The molecule has 1 heterocycles. The average Bonchev–Trinajstić information content (AvgIpc) is 2.89. The van der Waals surface area contributed by atoms with E-state index in [1.807, 2.05) is 19.0 Å². The monoisotopic (exact) mass is 290 g/mol. The molecule has 0 fully saturated rings. The molecule has 0 atom stereocenters. The van der Waals surface area contributed by atoms with E-state index in [9.17, 15) is 9.59 Å². The molecule has 1 amide bonds. The first-order chi connectivity index (χ1) is 9.97. The van der Waals surface area contributed by atoms with Gasteiger partial charge in [0.25, 0.3) is 5.91 Å². The smallest absolute Gasteiger partial charge is 0.323 e. The first kappa shape index (κ1) is 15.0. The third-order valence-corrected chi connectivity index (χ3v) is 3.12. The van der Waals surface area contributed by atoms with Crippen molar-refractivity contribution in [2.24, 2.45) is 0 Å². The fourth-order valence-corrected chi connectivity index (χ4v) is 1.99. The minimum absolute atomic E-state index is 0.296. The number of likely N-dealkylation sites (N-methyl/N-ethyl adjacent to an activating group) is 1. The van der Waals surface area contributed by atoms with Gasteiger partial charge in [-0.05, 0) is 26.2 Å². The molecule has 1 aromatic carbocycles. The second kappa shape index (κ2) is 6.36. The molecular weight excluding hydrogens is 272 g/mol. The summed E-state index contributed by atoms with van der Waals surface area (Å²) >= 11 is 0. The van der Waals surface area contributed by atoms with E-state index in [-0.39, 0.29) is 12.5 Å². The van der Waals surface area contributed by atoms with Crippen molar-refractivity contribution in [1.29, 1.82) is 0 Å². The van der Waals surface area contributed by atoms with Crippen LogP contribution in [-0.2, 0) is 4.79 Å². The van der Waals surface area contributed by atoms with Crippen LogP contribution in [0.1, 0.15) is 10.4 Å². The number of nitrogens with one attached hydrogen (secondary N) is 1. The Kier molecular flexibility index (Phi) is 4.54. The van der Waals surface area contributed by atoms with E-state index in [0.717, 1.165) is 10.9 Å². The van der Waals surface area contributed by atoms with Gasteiger partial charge < -0.3 is 14.9 Å². The molecule has 0 unspecified atom stereocenters. The number of carboxylic acids is 1. The molecular formula is C14H18N4O3. The highest BCUT2D eigenvalue weighted by molar-refractivity contribution is 5.98. The average molecular weight is 290 g/mol. The van der Waals surface area contributed by atoms with Gasteiger partial charge in [-0.1, -0.05) is 6.07 Å². The highest BCUT2D eigenvalue weighted by Crippen LogP contribution is 2.14. The summed E-state index contributed by atoms with van der Waals surface area (Å²) in [5, 5.41) is 16.6. The molecule has 0 bridgehead atoms. The number of hydrogen-bond donors (Lipinski definition) is 2. The second-order valence-corrected chi connectivity index (χ2v) is 5.10. The van der Waals surface area contributed by atoms with Crippen LogP contribution in [0, 0.1) is 0 Å². The van der Waals surface area contributed by atoms with Gasteiger partial charge in [0.15, 0.2) is 0 Å². The van der Waals surface area contributed by atoms with Crippen molar-refractivity contribution in [2.45, 2.75) is 0 Å². The third-order valence-electron chi connectivity index (χ3n) is 3.12. The van der Waals surface area contributed by atoms with Crippen LogP contribution in [-0.4, -0.2) is 70.7 Å². The molecule has 7 heteroatoms. The maximum absolute atomic E-state index is 12.5. The summed E-state index contributed by atoms with van der Waals surface area (Å²) in [6.07, 6.45) is 1.67. The minimum atomic E-state index is -1.02. The van der Waals surface area contributed by atoms with E-state index >= 15 is 0 Å². The van der Waals surface area contributed by atoms with Gasteiger partial charge in [0.2, 0.25) is 0 Å². The predicted octanol–water partition coefficient (Wildman–Crippen LogP) is 0.651. The highest BCUT2D eigenvalue weighted by atomic mass is 16.4. The summed E-state index contributed by atoms with van der Waals surface area (Å²) in [5.74, 6) is -1.32. The van der Waals surface area contributed by atoms with E-state index in [4.69, 9.17) is 5.11 Å². The highest BCUT2D eigenvalue weighted by Gasteiger charge is 2.19. The Morgan fingerprint density at radius 2 is 2.05 bits per heavy atom. The number of hydrogen-bond acceptors (Lipinski definition) is 4. The molecule has 112 valence electrons. The third kappa shape index (κ3) is 3.79. The van der Waals surface area contributed by atoms with Gasteiger partial charge in [0.1, 0.15) is 6.54 Å². The van der Waals surface area contributed by atoms with Gasteiger partial charge in [-0.15, -0.1) is 0 Å². The van der Waals surface area contributed by atoms with E-state index < -0.39 is 5.97 Å². The molecule has 0 radical (unpaired) electrons. The van der Waals surface area contributed by atoms with Gasteiger partial charge in [-0.25, -0.2) is 0 Å². The summed E-state index contributed by atoms with van der Waals surface area (Å²) < 4.78 is 0. The Morgan fingerprint density at radius 3 is 2.71 bits per heavy atom. The standard InChI is InChI=1S/C14H18N4O3/c1-17(2)5-6-18(9-13(19)20)14(21)10-3-4-11-8-15-16-12(11)7-10/h3-4,7-8H,5-6,9H2,1-2H3,(H,15,16)(H,19,20). The van der Waals surface area contributed by atoms with Crippen LogP contribution < -0.4 is 0 Å². The summed E-state index contributed by atoms with van der Waals surface area (Å²) in [6, 6.07) is 5.16. The number of aromatic nitrogens is 2. The first-order valence-electron chi connectivity index (χ1n) is 6.56. The molecule has 21 heavy (non-hydrogen) atoms. The fraction of sp³-hybridized carbons (Fsp3) is 0.357. The predicted molar refractivity (Wildman–Crippen MR) is 78.2 cm³/mol. The van der Waals surface area contributed by atoms with Crippen molar-refractivity contribution < 1.29 is 14.7 Å². The van der Waals surface area contributed by atoms with E-state index in [1.165, 1.54) is 4.90 Å². The van der Waals surface area contributed by atoms with Crippen LogP contribution in [0.2, 0.25) is 0 Å². The number of benzene rings is 1. The zero-order valence-electron chi connectivity index (χ0n) is 12.0. The number of aromatic amines is 1. The van der Waals surface area contributed by atoms with Crippen molar-refractivity contribution >= 4 is 22.8 Å². The van der Waals surface area contributed by atoms with Crippen LogP contribution in [0.4, 0.5) is 0 Å². The van der Waals surface area contributed by atoms with Crippen LogP contribution in [0.15, 0.2) is 24.4 Å². The number of H-pyrrole nitrogens is 1. The number of carbonyl (C=O) groups is 2. The number of nitrogens with zero attached hydrogens (tertiary/aromatic N) is 3. The minimum Gasteiger partial charge on any atom is -0.480 e. The Hall–Kier alpha value is -2.41. The van der Waals surface area contributed by atoms with Gasteiger partial charge >= 0.3 is 5.97 Å². The van der Waals surface area contributed by atoms with Crippen molar-refractivity contribution in [2.75, 3.05) is 33.7 Å². The Bertz CT molecular complexity index is 650. The Labute approximate surface area is 122 Å². The first-order valence-corrected chi connectivity index (χ1v) is 6.56. The Morgan fingerprint density at radius 1 is 1.29 bits per heavy atom. The molecule has 0 aliphatic carbocycles. The molecule has 0 aliphatic heterocycles. The van der Waals surface area contributed by atoms with Crippen LogP contribution in [0.5, 0.6) is 0 Å². The molecule has 1 aromatic heterocycles. The normalized spacial score (nSPS) is 11.0. The molecule has 0 aliphatic rings. The molecule has 2 N–H and O–H groups in total. The van der Waals surface area contributed by atoms with Crippen molar-refractivity contribution in [3.8, 4) is 0 Å². The lowest BCUT2D eigenvalue weighted by atomic mass is 10.1. The van der Waals surface area contributed by atoms with Gasteiger partial charge in [-0.2, -0.15) is 5.10 Å². The number of fused-ring (bicyclic) bond motifs is 1. The lowest BCUT2D eigenvalue weighted by molar-refractivity contribution is -0.137. The second-order valence-electron chi connectivity index (χ2n) is 5.10. The summed E-state index contributed by atoms with van der Waals surface area (Å²) in [4.78, 5) is 26.6. The molecule has 0 saturated carbocycles. The van der Waals surface area contributed by atoms with Crippen molar-refractivity contribution in [3.63, 3.8) is 0 Å². The fourth-order valence-electron chi connectivity index (χ4n) is 1.99. The van der Waals surface area contributed by atoms with Gasteiger partial charge in [-0.3, -0.25) is 14.7 Å². The molecule has 2 rings (SSSR count). The molecule has 2 aromatic rings. The maximum Gasteiger partial charge on any atom is 0.323 e. The lowest BCUT2D eigenvalue weighted by Gasteiger charge is -2.22. The number of amides is 1. The largest absolute Gasteiger partial charge is 0.480 e. The number of rotatable bonds is 6. The zero-order chi connectivity index (χ0) is 15.4. The van der Waals surface area contributed by atoms with E-state index in [0.29, 0.717) is 18.7 Å². The SMILES string of the molecule is CN(C)CCN(CC(=O)O)C(=O)c1ccc2cn[nH]c2c1. The summed E-state index contributed by atoms with van der Waals surface area (Å²) in [5.41, 5.74) is 1.20. The van der Waals surface area contributed by atoms with Crippen LogP contribution in [0.3, 0.4) is 0 Å². The van der Waals surface area contributed by atoms with Gasteiger partial charge in [0, 0.05) is 24.0 Å². The van der Waals surface area contributed by atoms with Crippen molar-refractivity contribution in [1.82, 2.24) is 20.0 Å². The van der Waals surface area contributed by atoms with Crippen LogP contribution in [0.25, 0.3) is 10.9 Å². The summed E-state index contributed by atoms with van der Waals surface area (Å²) in [7, 11) is 3.75. The molecule has 0 saturated heterocycles. The zero-order valence-corrected chi connectivity index (χ0v) is 12.0. The maximum atomic E-state index is 12.5. The number of carboxylic acid groups (broad SMARTS) is 1. The molecule has 0 spiro atoms. The van der Waals surface area contributed by atoms with E-state index in [1.54, 1.807) is 24.4 Å². The lowest BCUT2D eigenvalue weighted by Crippen LogP contribution is -2.40. The van der Waals surface area contributed by atoms with E-state index in [2.05, 4.69) is 10.2 Å². The van der Waals surface area contributed by atoms with Crippen LogP contribution >= 0.6 is 0 Å². The topological polar surface area (TPSA) is 89.5 Å². The van der Waals surface area contributed by atoms with Crippen molar-refractivity contribution in [3.05, 3.63) is 30.0 Å². The Balaban J connectivity index is 2.20. The quantitative estimate of drug-likeness (QED) is 0.815.